The maximum atomic E-state index is 14.0. The number of fused-ring (bicyclic) bond motifs is 3. The van der Waals surface area contributed by atoms with E-state index in [0.717, 1.165) is 4.90 Å². The van der Waals surface area contributed by atoms with Gasteiger partial charge < -0.3 is 14.6 Å². The zero-order valence-corrected chi connectivity index (χ0v) is 24.6. The quantitative estimate of drug-likeness (QED) is 0.220. The van der Waals surface area contributed by atoms with Crippen LogP contribution in [0.3, 0.4) is 0 Å². The van der Waals surface area contributed by atoms with Gasteiger partial charge in [-0.15, -0.1) is 0 Å². The molecule has 4 atom stereocenters. The van der Waals surface area contributed by atoms with Gasteiger partial charge >= 0.3 is 0 Å². The van der Waals surface area contributed by atoms with Crippen molar-refractivity contribution in [3.8, 4) is 17.2 Å². The van der Waals surface area contributed by atoms with E-state index in [1.165, 1.54) is 33.3 Å². The summed E-state index contributed by atoms with van der Waals surface area (Å²) >= 11 is 3.21. The van der Waals surface area contributed by atoms with Crippen molar-refractivity contribution in [3.05, 3.63) is 80.9 Å². The molecule has 2 aromatic carbocycles. The Balaban J connectivity index is 1.50. The number of aromatic hydroxyl groups is 1. The molecule has 214 valence electrons. The maximum Gasteiger partial charge on any atom is 0.238 e. The molecule has 1 heterocycles. The first-order chi connectivity index (χ1) is 20.1. The number of imide groups is 1. The molecule has 6 rings (SSSR count). The van der Waals surface area contributed by atoms with Crippen LogP contribution in [0.1, 0.15) is 41.6 Å². The number of carbonyl (C=O) groups is 5. The molecule has 0 bridgehead atoms. The third-order valence-electron chi connectivity index (χ3n) is 8.70. The van der Waals surface area contributed by atoms with Crippen molar-refractivity contribution >= 4 is 50.8 Å². The molecule has 2 amide bonds. The van der Waals surface area contributed by atoms with Crippen LogP contribution in [0.15, 0.2) is 69.8 Å². The van der Waals surface area contributed by atoms with Gasteiger partial charge in [0.2, 0.25) is 11.8 Å². The van der Waals surface area contributed by atoms with Gasteiger partial charge in [0.1, 0.15) is 17.2 Å². The Morgan fingerprint density at radius 2 is 1.71 bits per heavy atom. The minimum absolute atomic E-state index is 0.0850. The lowest BCUT2D eigenvalue weighted by atomic mass is 9.59. The van der Waals surface area contributed by atoms with Crippen molar-refractivity contribution in [3.63, 3.8) is 0 Å². The number of rotatable bonds is 5. The summed E-state index contributed by atoms with van der Waals surface area (Å²) in [7, 11) is 2.88. The van der Waals surface area contributed by atoms with E-state index in [2.05, 4.69) is 15.9 Å². The lowest BCUT2D eigenvalue weighted by Gasteiger charge is -2.42. The summed E-state index contributed by atoms with van der Waals surface area (Å²) in [6.45, 7) is 1.44. The van der Waals surface area contributed by atoms with Gasteiger partial charge in [0.15, 0.2) is 17.3 Å². The molecule has 42 heavy (non-hydrogen) atoms. The number of halogens is 1. The van der Waals surface area contributed by atoms with Gasteiger partial charge in [0, 0.05) is 46.4 Å². The zero-order chi connectivity index (χ0) is 30.0. The van der Waals surface area contributed by atoms with Gasteiger partial charge in [-0.2, -0.15) is 0 Å². The third kappa shape index (κ3) is 4.07. The van der Waals surface area contributed by atoms with Gasteiger partial charge in [0.25, 0.3) is 0 Å². The number of nitrogens with zero attached hydrogens (tertiary/aromatic N) is 1. The highest BCUT2D eigenvalue weighted by Gasteiger charge is 2.57. The van der Waals surface area contributed by atoms with Crippen LogP contribution in [0.5, 0.6) is 17.2 Å². The van der Waals surface area contributed by atoms with Gasteiger partial charge in [0.05, 0.1) is 36.2 Å². The summed E-state index contributed by atoms with van der Waals surface area (Å²) in [5, 5.41) is 11.2. The van der Waals surface area contributed by atoms with Crippen LogP contribution in [-0.4, -0.2) is 48.5 Å². The van der Waals surface area contributed by atoms with Crippen LogP contribution in [0.2, 0.25) is 0 Å². The van der Waals surface area contributed by atoms with E-state index >= 15 is 0 Å². The third-order valence-corrected chi connectivity index (χ3v) is 9.29. The Hall–Kier alpha value is -4.31. The first kappa shape index (κ1) is 27.8. The predicted octanol–water partition coefficient (Wildman–Crippen LogP) is 4.58. The molecule has 2 aromatic rings. The molecule has 1 saturated heterocycles. The van der Waals surface area contributed by atoms with Gasteiger partial charge in [-0.1, -0.05) is 11.6 Å². The highest BCUT2D eigenvalue weighted by Crippen LogP contribution is 2.58. The molecule has 1 fully saturated rings. The number of ether oxygens (including phenoxy) is 2. The fourth-order valence-electron chi connectivity index (χ4n) is 6.80. The molecule has 0 aromatic heterocycles. The van der Waals surface area contributed by atoms with Gasteiger partial charge in [-0.3, -0.25) is 28.9 Å². The second-order valence-corrected chi connectivity index (χ2v) is 11.6. The van der Waals surface area contributed by atoms with E-state index in [1.807, 2.05) is 6.08 Å². The number of Topliss-reactive ketones (excluding diaryl/α,β-unsaturated/α-hetero) is 2. The number of amides is 2. The van der Waals surface area contributed by atoms with Crippen LogP contribution < -0.4 is 14.4 Å². The standard InChI is InChI=1S/C32H26BrNO8/c1-14(35)15-4-6-16(7-5-15)34-31(39)19-9-8-18-20(26(19)32(34)40)12-21-27(24(37)13-22(33)30(21)38)28(18)29-23(36)10-17(41-2)11-25(29)42-3/h4-8,10-11,13,19-20,26,28,36H,9,12H2,1-3H3/t19-,20+,26-,28-/m0/s1. The SMILES string of the molecule is COc1cc(O)c([C@H]2C3=CC[C@@H]4C(=O)N(c5ccc(C(C)=O)cc5)C(=O)[C@@H]4[C@@H]3CC3=C2C(=O)C=C(Br)C3=O)c(OC)c1. The van der Waals surface area contributed by atoms with E-state index in [4.69, 9.17) is 9.47 Å². The molecular weight excluding hydrogens is 606 g/mol. The summed E-state index contributed by atoms with van der Waals surface area (Å²) in [4.78, 5) is 67.6. The number of allylic oxidation sites excluding steroid dienone is 6. The van der Waals surface area contributed by atoms with Crippen LogP contribution in [-0.2, 0) is 19.2 Å². The molecule has 0 spiro atoms. The summed E-state index contributed by atoms with van der Waals surface area (Å²) in [5.74, 6) is -4.21. The van der Waals surface area contributed by atoms with E-state index in [9.17, 15) is 29.1 Å². The smallest absolute Gasteiger partial charge is 0.238 e. The Kier molecular flexibility index (Phi) is 6.76. The van der Waals surface area contributed by atoms with E-state index in [0.29, 0.717) is 22.6 Å². The number of ketones is 3. The molecular formula is C32H26BrNO8. The number of hydrogen-bond acceptors (Lipinski definition) is 8. The number of phenolic OH excluding ortho intramolecular Hbond substituents is 1. The Morgan fingerprint density at radius 3 is 2.36 bits per heavy atom. The number of anilines is 1. The normalized spacial score (nSPS) is 25.0. The molecule has 4 aliphatic rings. The molecule has 3 aliphatic carbocycles. The lowest BCUT2D eigenvalue weighted by Crippen LogP contribution is -2.39. The highest BCUT2D eigenvalue weighted by atomic mass is 79.9. The monoisotopic (exact) mass is 631 g/mol. The van der Waals surface area contributed by atoms with Gasteiger partial charge in [-0.25, -0.2) is 0 Å². The maximum absolute atomic E-state index is 14.0. The van der Waals surface area contributed by atoms with Crippen molar-refractivity contribution in [2.24, 2.45) is 17.8 Å². The van der Waals surface area contributed by atoms with Crippen molar-refractivity contribution < 1.29 is 38.6 Å². The number of benzene rings is 2. The Morgan fingerprint density at radius 1 is 1.00 bits per heavy atom. The topological polar surface area (TPSA) is 127 Å². The predicted molar refractivity (Wildman–Crippen MR) is 155 cm³/mol. The molecule has 0 radical (unpaired) electrons. The summed E-state index contributed by atoms with van der Waals surface area (Å²) < 4.78 is 11.0. The Labute approximate surface area is 249 Å². The van der Waals surface area contributed by atoms with Crippen molar-refractivity contribution in [1.29, 1.82) is 0 Å². The minimum atomic E-state index is -0.888. The van der Waals surface area contributed by atoms with E-state index in [-0.39, 0.29) is 68.8 Å². The lowest BCUT2D eigenvalue weighted by molar-refractivity contribution is -0.123. The van der Waals surface area contributed by atoms with E-state index < -0.39 is 29.6 Å². The molecule has 0 unspecified atom stereocenters. The van der Waals surface area contributed by atoms with Gasteiger partial charge in [-0.05, 0) is 65.9 Å². The van der Waals surface area contributed by atoms with Crippen LogP contribution >= 0.6 is 15.9 Å². The largest absolute Gasteiger partial charge is 0.507 e. The van der Waals surface area contributed by atoms with Crippen LogP contribution in [0.25, 0.3) is 0 Å². The highest BCUT2D eigenvalue weighted by molar-refractivity contribution is 9.12. The number of methoxy groups -OCH3 is 2. The Bertz CT molecular complexity index is 1700. The summed E-state index contributed by atoms with van der Waals surface area (Å²) in [6.07, 6.45) is 3.41. The molecule has 9 nitrogen and oxygen atoms in total. The second-order valence-electron chi connectivity index (χ2n) is 10.8. The summed E-state index contributed by atoms with van der Waals surface area (Å²) in [6, 6.07) is 9.30. The fourth-order valence-corrected chi connectivity index (χ4v) is 7.25. The van der Waals surface area contributed by atoms with Crippen LogP contribution in [0, 0.1) is 17.8 Å². The first-order valence-electron chi connectivity index (χ1n) is 13.4. The molecule has 1 aliphatic heterocycles. The van der Waals surface area contributed by atoms with Crippen molar-refractivity contribution in [2.75, 3.05) is 19.1 Å². The molecule has 10 heteroatoms. The molecule has 0 saturated carbocycles. The van der Waals surface area contributed by atoms with Crippen LogP contribution in [0.4, 0.5) is 5.69 Å². The van der Waals surface area contributed by atoms with Crippen molar-refractivity contribution in [2.45, 2.75) is 25.7 Å². The average molecular weight is 632 g/mol. The molecule has 1 N–H and O–H groups in total. The number of phenols is 1. The van der Waals surface area contributed by atoms with Crippen molar-refractivity contribution in [1.82, 2.24) is 0 Å². The zero-order valence-electron chi connectivity index (χ0n) is 23.0. The minimum Gasteiger partial charge on any atom is -0.507 e. The fraction of sp³-hybridized carbons (Fsp3) is 0.281. The average Bonchev–Trinajstić information content (AvgIpc) is 3.23. The first-order valence-corrected chi connectivity index (χ1v) is 14.2. The number of carbonyl (C=O) groups excluding carboxylic acids is 5. The second kappa shape index (κ2) is 10.2. The van der Waals surface area contributed by atoms with E-state index in [1.54, 1.807) is 30.3 Å². The summed E-state index contributed by atoms with van der Waals surface area (Å²) in [5.41, 5.74) is 2.24. The number of hydrogen-bond donors (Lipinski definition) is 1.